The molecule has 0 atom stereocenters. The van der Waals surface area contributed by atoms with Crippen molar-refractivity contribution in [3.63, 3.8) is 0 Å². The van der Waals surface area contributed by atoms with Gasteiger partial charge in [0.05, 0.1) is 10.4 Å². The van der Waals surface area contributed by atoms with Gasteiger partial charge in [0.2, 0.25) is 0 Å². The first-order valence-electron chi connectivity index (χ1n) is 4.11. The molecule has 0 aliphatic rings. The third-order valence-electron chi connectivity index (χ3n) is 2.04. The van der Waals surface area contributed by atoms with E-state index in [2.05, 4.69) is 4.98 Å². The predicted molar refractivity (Wildman–Crippen MR) is 58.0 cm³/mol. The molecule has 0 fully saturated rings. The zero-order valence-electron chi connectivity index (χ0n) is 7.57. The summed E-state index contributed by atoms with van der Waals surface area (Å²) in [6.45, 7) is 0. The molecule has 0 unspecified atom stereocenters. The van der Waals surface area contributed by atoms with E-state index in [1.165, 1.54) is 11.8 Å². The highest BCUT2D eigenvalue weighted by Gasteiger charge is 2.03. The number of aromatic amines is 1. The number of fused-ring (bicyclic) bond motifs is 1. The molecule has 4 heteroatoms. The smallest absolute Gasteiger partial charge is 0.262 e. The molecular formula is C10H9NO2S. The topological polar surface area (TPSA) is 53.1 Å². The summed E-state index contributed by atoms with van der Waals surface area (Å²) in [5.41, 5.74) is 0.335. The maximum Gasteiger partial charge on any atom is 0.262 e. The number of hydrogen-bond acceptors (Lipinski definition) is 3. The molecule has 0 radical (unpaired) electrons. The van der Waals surface area contributed by atoms with Crippen LogP contribution in [0.4, 0.5) is 0 Å². The average Bonchev–Trinajstić information content (AvgIpc) is 2.19. The van der Waals surface area contributed by atoms with Crippen LogP contribution in [-0.4, -0.2) is 16.3 Å². The number of hydrogen-bond donors (Lipinski definition) is 2. The first-order valence-corrected chi connectivity index (χ1v) is 5.34. The summed E-state index contributed by atoms with van der Waals surface area (Å²) in [6, 6.07) is 6.93. The summed E-state index contributed by atoms with van der Waals surface area (Å²) >= 11 is 1.39. The highest BCUT2D eigenvalue weighted by Crippen LogP contribution is 2.23. The number of thioether (sulfide) groups is 1. The fourth-order valence-corrected chi connectivity index (χ4v) is 1.83. The molecule has 1 aromatic carbocycles. The largest absolute Gasteiger partial charge is 0.506 e. The summed E-state index contributed by atoms with van der Waals surface area (Å²) < 4.78 is 0. The van der Waals surface area contributed by atoms with Crippen molar-refractivity contribution in [3.8, 4) is 5.75 Å². The van der Waals surface area contributed by atoms with Crippen LogP contribution in [0, 0.1) is 0 Å². The van der Waals surface area contributed by atoms with Gasteiger partial charge in [-0.3, -0.25) is 4.79 Å². The van der Waals surface area contributed by atoms with Crippen LogP contribution in [0.2, 0.25) is 0 Å². The Morgan fingerprint density at radius 2 is 2.21 bits per heavy atom. The first kappa shape index (κ1) is 9.15. The molecule has 1 aromatic heterocycles. The summed E-state index contributed by atoms with van der Waals surface area (Å²) in [5, 5.41) is 10.3. The van der Waals surface area contributed by atoms with E-state index in [0.717, 1.165) is 5.39 Å². The van der Waals surface area contributed by atoms with Crippen molar-refractivity contribution < 1.29 is 5.11 Å². The lowest BCUT2D eigenvalue weighted by atomic mass is 10.2. The number of aromatic hydroxyl groups is 1. The molecule has 2 aromatic rings. The molecule has 2 rings (SSSR count). The molecule has 72 valence electrons. The number of para-hydroxylation sites is 1. The van der Waals surface area contributed by atoms with Crippen LogP contribution in [0.5, 0.6) is 5.75 Å². The molecular weight excluding hydrogens is 198 g/mol. The molecule has 0 amide bonds. The molecule has 0 aliphatic heterocycles. The van der Waals surface area contributed by atoms with E-state index in [1.54, 1.807) is 18.2 Å². The highest BCUT2D eigenvalue weighted by molar-refractivity contribution is 7.98. The fourth-order valence-electron chi connectivity index (χ4n) is 1.35. The molecule has 0 bridgehead atoms. The molecule has 2 N–H and O–H groups in total. The summed E-state index contributed by atoms with van der Waals surface area (Å²) in [6.07, 6.45) is 1.85. The van der Waals surface area contributed by atoms with Gasteiger partial charge in [0.25, 0.3) is 5.56 Å². The Balaban J connectivity index is 2.86. The normalized spacial score (nSPS) is 10.6. The minimum atomic E-state index is -0.161. The molecule has 0 saturated carbocycles. The van der Waals surface area contributed by atoms with Gasteiger partial charge in [0.1, 0.15) is 5.75 Å². The number of rotatable bonds is 1. The van der Waals surface area contributed by atoms with Crippen LogP contribution in [-0.2, 0) is 0 Å². The van der Waals surface area contributed by atoms with Crippen LogP contribution in [0.25, 0.3) is 10.9 Å². The zero-order valence-corrected chi connectivity index (χ0v) is 8.39. The van der Waals surface area contributed by atoms with Crippen LogP contribution in [0.1, 0.15) is 0 Å². The number of phenolic OH excluding ortho intramolecular Hbond substituents is 1. The maximum absolute atomic E-state index is 11.4. The van der Waals surface area contributed by atoms with E-state index in [9.17, 15) is 9.90 Å². The summed E-state index contributed by atoms with van der Waals surface area (Å²) in [5.74, 6) is 0.104. The monoisotopic (exact) mass is 207 g/mol. The van der Waals surface area contributed by atoms with Crippen molar-refractivity contribution in [2.24, 2.45) is 0 Å². The standard InChI is InChI=1S/C10H9NO2S/c1-14-8-5-6-3-2-4-7(12)9(6)11-10(8)13/h2-5,12H,1H3,(H,11,13). The fraction of sp³-hybridized carbons (Fsp3) is 0.100. The number of pyridine rings is 1. The lowest BCUT2D eigenvalue weighted by molar-refractivity contribution is 0.480. The highest BCUT2D eigenvalue weighted by atomic mass is 32.2. The minimum Gasteiger partial charge on any atom is -0.506 e. The Morgan fingerprint density at radius 1 is 1.43 bits per heavy atom. The Bertz CT molecular complexity index is 533. The molecule has 14 heavy (non-hydrogen) atoms. The number of aromatic nitrogens is 1. The van der Waals surface area contributed by atoms with E-state index in [4.69, 9.17) is 0 Å². The van der Waals surface area contributed by atoms with Crippen LogP contribution < -0.4 is 5.56 Å². The second-order valence-corrected chi connectivity index (χ2v) is 3.76. The Hall–Kier alpha value is -1.42. The van der Waals surface area contributed by atoms with E-state index in [-0.39, 0.29) is 11.3 Å². The molecule has 0 aliphatic carbocycles. The van der Waals surface area contributed by atoms with Gasteiger partial charge in [-0.05, 0) is 18.4 Å². The zero-order chi connectivity index (χ0) is 10.1. The van der Waals surface area contributed by atoms with Gasteiger partial charge >= 0.3 is 0 Å². The average molecular weight is 207 g/mol. The van der Waals surface area contributed by atoms with Crippen LogP contribution >= 0.6 is 11.8 Å². The number of nitrogens with one attached hydrogen (secondary N) is 1. The SMILES string of the molecule is CSc1cc2cccc(O)c2[nH]c1=O. The molecule has 3 nitrogen and oxygen atoms in total. The number of H-pyrrole nitrogens is 1. The Kier molecular flexibility index (Phi) is 2.21. The predicted octanol–water partition coefficient (Wildman–Crippen LogP) is 1.96. The van der Waals surface area contributed by atoms with Crippen molar-refractivity contribution in [2.75, 3.05) is 6.26 Å². The van der Waals surface area contributed by atoms with Gasteiger partial charge in [0.15, 0.2) is 0 Å². The van der Waals surface area contributed by atoms with Crippen molar-refractivity contribution in [3.05, 3.63) is 34.6 Å². The molecule has 0 saturated heterocycles. The van der Waals surface area contributed by atoms with Crippen LogP contribution in [0.15, 0.2) is 34.0 Å². The van der Waals surface area contributed by atoms with Gasteiger partial charge in [-0.2, -0.15) is 0 Å². The maximum atomic E-state index is 11.4. The van der Waals surface area contributed by atoms with E-state index in [0.29, 0.717) is 10.4 Å². The van der Waals surface area contributed by atoms with E-state index < -0.39 is 0 Å². The van der Waals surface area contributed by atoms with E-state index >= 15 is 0 Å². The van der Waals surface area contributed by atoms with Crippen molar-refractivity contribution in [2.45, 2.75) is 4.90 Å². The molecule has 0 spiro atoms. The van der Waals surface area contributed by atoms with Gasteiger partial charge in [-0.15, -0.1) is 11.8 Å². The lowest BCUT2D eigenvalue weighted by Crippen LogP contribution is -2.07. The van der Waals surface area contributed by atoms with Gasteiger partial charge in [-0.1, -0.05) is 12.1 Å². The summed E-state index contributed by atoms with van der Waals surface area (Å²) in [4.78, 5) is 14.7. The third-order valence-corrected chi connectivity index (χ3v) is 2.79. The van der Waals surface area contributed by atoms with Gasteiger partial charge in [0, 0.05) is 5.39 Å². The lowest BCUT2D eigenvalue weighted by Gasteiger charge is -2.01. The molecule has 1 heterocycles. The minimum absolute atomic E-state index is 0.104. The van der Waals surface area contributed by atoms with Crippen molar-refractivity contribution in [1.82, 2.24) is 4.98 Å². The van der Waals surface area contributed by atoms with Crippen molar-refractivity contribution >= 4 is 22.7 Å². The second-order valence-electron chi connectivity index (χ2n) is 2.91. The van der Waals surface area contributed by atoms with Crippen LogP contribution in [0.3, 0.4) is 0 Å². The quantitative estimate of drug-likeness (QED) is 0.703. The number of benzene rings is 1. The van der Waals surface area contributed by atoms with Gasteiger partial charge in [-0.25, -0.2) is 0 Å². The van der Waals surface area contributed by atoms with Gasteiger partial charge < -0.3 is 10.1 Å². The number of phenols is 1. The Labute approximate surface area is 84.8 Å². The Morgan fingerprint density at radius 3 is 2.93 bits per heavy atom. The summed E-state index contributed by atoms with van der Waals surface area (Å²) in [7, 11) is 0. The second kappa shape index (κ2) is 3.38. The van der Waals surface area contributed by atoms with E-state index in [1.807, 2.05) is 12.3 Å². The van der Waals surface area contributed by atoms with Crippen molar-refractivity contribution in [1.29, 1.82) is 0 Å². The third kappa shape index (κ3) is 1.37. The first-order chi connectivity index (χ1) is 6.72.